The summed E-state index contributed by atoms with van der Waals surface area (Å²) >= 11 is 1.41. The Balaban J connectivity index is 1.66. The van der Waals surface area contributed by atoms with Crippen LogP contribution in [0.5, 0.6) is 5.75 Å². The second-order valence-corrected chi connectivity index (χ2v) is 7.30. The molecule has 1 amide bonds. The number of rotatable bonds is 5. The third-order valence-corrected chi connectivity index (χ3v) is 5.33. The van der Waals surface area contributed by atoms with E-state index in [0.29, 0.717) is 11.6 Å². The fourth-order valence-corrected chi connectivity index (χ4v) is 3.61. The van der Waals surface area contributed by atoms with E-state index in [1.165, 1.54) is 22.9 Å². The second kappa shape index (κ2) is 8.19. The van der Waals surface area contributed by atoms with Crippen molar-refractivity contribution in [3.8, 4) is 5.75 Å². The molecule has 0 aromatic heterocycles. The van der Waals surface area contributed by atoms with Gasteiger partial charge in [-0.2, -0.15) is 5.10 Å². The maximum atomic E-state index is 12.2. The van der Waals surface area contributed by atoms with Crippen LogP contribution in [0.3, 0.4) is 0 Å². The molecule has 134 valence electrons. The van der Waals surface area contributed by atoms with Gasteiger partial charge in [-0.3, -0.25) is 4.79 Å². The van der Waals surface area contributed by atoms with E-state index in [4.69, 9.17) is 4.74 Å². The average Bonchev–Trinajstić information content (AvgIpc) is 2.98. The van der Waals surface area contributed by atoms with Crippen LogP contribution < -0.4 is 10.1 Å². The van der Waals surface area contributed by atoms with Crippen LogP contribution in [0.15, 0.2) is 52.7 Å². The van der Waals surface area contributed by atoms with E-state index in [1.54, 1.807) is 13.3 Å². The predicted molar refractivity (Wildman–Crippen MR) is 107 cm³/mol. The maximum Gasteiger partial charge on any atom is 0.239 e. The number of ether oxygens (including phenoxy) is 1. The number of amidine groups is 1. The zero-order valence-electron chi connectivity index (χ0n) is 15.0. The van der Waals surface area contributed by atoms with Crippen LogP contribution in [0, 0.1) is 13.8 Å². The van der Waals surface area contributed by atoms with E-state index in [-0.39, 0.29) is 11.2 Å². The van der Waals surface area contributed by atoms with Gasteiger partial charge in [-0.05, 0) is 49.1 Å². The zero-order valence-corrected chi connectivity index (χ0v) is 15.8. The highest BCUT2D eigenvalue weighted by Gasteiger charge is 2.30. The Hall–Kier alpha value is -2.60. The van der Waals surface area contributed by atoms with E-state index in [9.17, 15) is 4.79 Å². The summed E-state index contributed by atoms with van der Waals surface area (Å²) < 4.78 is 5.27. The van der Waals surface area contributed by atoms with Crippen LogP contribution in [0.25, 0.3) is 0 Å². The van der Waals surface area contributed by atoms with E-state index in [2.05, 4.69) is 47.6 Å². The van der Waals surface area contributed by atoms with Crippen molar-refractivity contribution in [2.24, 2.45) is 10.2 Å². The minimum absolute atomic E-state index is 0.0283. The van der Waals surface area contributed by atoms with Crippen molar-refractivity contribution in [1.82, 2.24) is 5.32 Å². The standard InChI is InChI=1S/C20H21N3O2S/c1-13-8-9-15(10-14(13)2)11-18-19(24)22-20(26-18)23-21-12-16-6-4-5-7-17(16)25-3/h4-10,12,18H,11H2,1-3H3,(H,22,23,24)/b21-12-/t18-/m0/s1. The Labute approximate surface area is 157 Å². The minimum Gasteiger partial charge on any atom is -0.496 e. The molecular formula is C20H21N3O2S. The molecule has 0 bridgehead atoms. The first-order chi connectivity index (χ1) is 12.6. The highest BCUT2D eigenvalue weighted by molar-refractivity contribution is 8.15. The van der Waals surface area contributed by atoms with Gasteiger partial charge in [0.2, 0.25) is 5.91 Å². The number of thioether (sulfide) groups is 1. The topological polar surface area (TPSA) is 63.1 Å². The third kappa shape index (κ3) is 4.32. The Morgan fingerprint density at radius 2 is 2.00 bits per heavy atom. The largest absolute Gasteiger partial charge is 0.496 e. The molecule has 1 aliphatic rings. The average molecular weight is 367 g/mol. The molecule has 1 N–H and O–H groups in total. The number of methoxy groups -OCH3 is 1. The summed E-state index contributed by atoms with van der Waals surface area (Å²) in [5.74, 6) is 0.701. The SMILES string of the molecule is COc1ccccc1/C=N\N=C1/NC(=O)[C@H](Cc2ccc(C)c(C)c2)S1. The van der Waals surface area contributed by atoms with Crippen LogP contribution in [0.4, 0.5) is 0 Å². The van der Waals surface area contributed by atoms with Crippen molar-refractivity contribution >= 4 is 29.1 Å². The third-order valence-electron chi connectivity index (χ3n) is 4.25. The fourth-order valence-electron chi connectivity index (χ4n) is 2.65. The lowest BCUT2D eigenvalue weighted by atomic mass is 10.0. The Bertz CT molecular complexity index is 877. The number of aryl methyl sites for hydroxylation is 2. The Morgan fingerprint density at radius 1 is 1.19 bits per heavy atom. The lowest BCUT2D eigenvalue weighted by molar-refractivity contribution is -0.118. The quantitative estimate of drug-likeness (QED) is 0.650. The van der Waals surface area contributed by atoms with E-state index in [0.717, 1.165) is 16.9 Å². The van der Waals surface area contributed by atoms with Gasteiger partial charge < -0.3 is 10.1 Å². The first kappa shape index (κ1) is 18.2. The maximum absolute atomic E-state index is 12.2. The molecule has 1 fully saturated rings. The van der Waals surface area contributed by atoms with Gasteiger partial charge >= 0.3 is 0 Å². The smallest absolute Gasteiger partial charge is 0.239 e. The van der Waals surface area contributed by atoms with Crippen LogP contribution in [-0.4, -0.2) is 29.6 Å². The summed E-state index contributed by atoms with van der Waals surface area (Å²) in [6.45, 7) is 4.17. The van der Waals surface area contributed by atoms with Gasteiger partial charge in [-0.15, -0.1) is 5.10 Å². The van der Waals surface area contributed by atoms with Crippen molar-refractivity contribution < 1.29 is 9.53 Å². The molecule has 0 aliphatic carbocycles. The first-order valence-corrected chi connectivity index (χ1v) is 9.22. The second-order valence-electron chi connectivity index (χ2n) is 6.11. The first-order valence-electron chi connectivity index (χ1n) is 8.34. The molecule has 1 saturated heterocycles. The van der Waals surface area contributed by atoms with Gasteiger partial charge in [0.15, 0.2) is 5.17 Å². The van der Waals surface area contributed by atoms with Gasteiger partial charge in [0, 0.05) is 5.56 Å². The number of para-hydroxylation sites is 1. The Kier molecular flexibility index (Phi) is 5.73. The van der Waals surface area contributed by atoms with Crippen LogP contribution >= 0.6 is 11.8 Å². The minimum atomic E-state index is -0.183. The summed E-state index contributed by atoms with van der Waals surface area (Å²) in [6.07, 6.45) is 2.29. The molecule has 1 atom stereocenters. The number of hydrogen-bond acceptors (Lipinski definition) is 5. The monoisotopic (exact) mass is 367 g/mol. The van der Waals surface area contributed by atoms with Crippen molar-refractivity contribution in [2.45, 2.75) is 25.5 Å². The van der Waals surface area contributed by atoms with Gasteiger partial charge in [0.05, 0.1) is 18.6 Å². The van der Waals surface area contributed by atoms with Crippen molar-refractivity contribution in [3.05, 3.63) is 64.7 Å². The molecule has 2 aromatic rings. The molecule has 26 heavy (non-hydrogen) atoms. The van der Waals surface area contributed by atoms with Gasteiger partial charge in [-0.25, -0.2) is 0 Å². The number of amides is 1. The highest BCUT2D eigenvalue weighted by atomic mass is 32.2. The molecule has 0 saturated carbocycles. The van der Waals surface area contributed by atoms with Crippen LogP contribution in [0.1, 0.15) is 22.3 Å². The summed E-state index contributed by atoms with van der Waals surface area (Å²) in [5, 5.41) is 11.3. The molecule has 0 radical (unpaired) electrons. The lowest BCUT2D eigenvalue weighted by Crippen LogP contribution is -2.26. The number of carbonyl (C=O) groups is 1. The molecule has 1 aliphatic heterocycles. The Morgan fingerprint density at radius 3 is 2.77 bits per heavy atom. The lowest BCUT2D eigenvalue weighted by Gasteiger charge is -2.07. The molecule has 5 nitrogen and oxygen atoms in total. The summed E-state index contributed by atoms with van der Waals surface area (Å²) in [4.78, 5) is 12.2. The van der Waals surface area contributed by atoms with Gasteiger partial charge in [0.1, 0.15) is 5.75 Å². The number of benzene rings is 2. The normalized spacial score (nSPS) is 18.5. The van der Waals surface area contributed by atoms with E-state index in [1.807, 2.05) is 24.3 Å². The van der Waals surface area contributed by atoms with Crippen molar-refractivity contribution in [2.75, 3.05) is 7.11 Å². The van der Waals surface area contributed by atoms with Crippen molar-refractivity contribution in [3.63, 3.8) is 0 Å². The number of hydrogen-bond donors (Lipinski definition) is 1. The predicted octanol–water partition coefficient (Wildman–Crippen LogP) is 3.48. The summed E-state index contributed by atoms with van der Waals surface area (Å²) in [7, 11) is 1.61. The molecule has 6 heteroatoms. The van der Waals surface area contributed by atoms with Crippen LogP contribution in [-0.2, 0) is 11.2 Å². The summed E-state index contributed by atoms with van der Waals surface area (Å²) in [6, 6.07) is 13.9. The zero-order chi connectivity index (χ0) is 18.5. The van der Waals surface area contributed by atoms with Gasteiger partial charge in [-0.1, -0.05) is 42.1 Å². The van der Waals surface area contributed by atoms with Crippen LogP contribution in [0.2, 0.25) is 0 Å². The van der Waals surface area contributed by atoms with E-state index >= 15 is 0 Å². The fraction of sp³-hybridized carbons (Fsp3) is 0.250. The number of nitrogens with zero attached hydrogens (tertiary/aromatic N) is 2. The number of nitrogens with one attached hydrogen (secondary N) is 1. The number of carbonyl (C=O) groups excluding carboxylic acids is 1. The van der Waals surface area contributed by atoms with Crippen molar-refractivity contribution in [1.29, 1.82) is 0 Å². The molecule has 1 heterocycles. The molecule has 0 unspecified atom stereocenters. The van der Waals surface area contributed by atoms with E-state index < -0.39 is 0 Å². The van der Waals surface area contributed by atoms with Gasteiger partial charge in [0.25, 0.3) is 0 Å². The molecule has 3 rings (SSSR count). The molecular weight excluding hydrogens is 346 g/mol. The summed E-state index contributed by atoms with van der Waals surface area (Å²) in [5.41, 5.74) is 4.48. The molecule has 2 aromatic carbocycles. The molecule has 0 spiro atoms. The highest BCUT2D eigenvalue weighted by Crippen LogP contribution is 2.24.